The van der Waals surface area contributed by atoms with Gasteiger partial charge in [-0.1, -0.05) is 24.9 Å². The summed E-state index contributed by atoms with van der Waals surface area (Å²) in [7, 11) is 0. The Bertz CT molecular complexity index is 383. The van der Waals surface area contributed by atoms with E-state index >= 15 is 0 Å². The summed E-state index contributed by atoms with van der Waals surface area (Å²) >= 11 is 0. The number of nitrogens with zero attached hydrogens (tertiary/aromatic N) is 3. The highest BCUT2D eigenvalue weighted by Gasteiger charge is 2.25. The molecule has 1 aliphatic heterocycles. The Morgan fingerprint density at radius 3 is 2.95 bits per heavy atom. The van der Waals surface area contributed by atoms with E-state index in [4.69, 9.17) is 15.0 Å². The van der Waals surface area contributed by atoms with Crippen molar-refractivity contribution in [1.29, 1.82) is 0 Å². The summed E-state index contributed by atoms with van der Waals surface area (Å²) in [5.41, 5.74) is 5.47. The molecule has 0 radical (unpaired) electrons. The second-order valence-electron chi connectivity index (χ2n) is 5.25. The predicted molar refractivity (Wildman–Crippen MR) is 76.3 cm³/mol. The summed E-state index contributed by atoms with van der Waals surface area (Å²) < 4.78 is 11.0. The molecule has 0 bridgehead atoms. The number of ether oxygens (including phenoxy) is 1. The van der Waals surface area contributed by atoms with Crippen molar-refractivity contribution in [2.24, 2.45) is 5.73 Å². The van der Waals surface area contributed by atoms with Crippen molar-refractivity contribution in [2.45, 2.75) is 45.1 Å². The van der Waals surface area contributed by atoms with Gasteiger partial charge in [0.25, 0.3) is 0 Å². The molecule has 1 unspecified atom stereocenters. The number of aromatic nitrogens is 2. The lowest BCUT2D eigenvalue weighted by atomic mass is 10.1. The lowest BCUT2D eigenvalue weighted by Gasteiger charge is -2.30. The van der Waals surface area contributed by atoms with Crippen LogP contribution in [0.2, 0.25) is 0 Å². The van der Waals surface area contributed by atoms with Crippen LogP contribution in [0.5, 0.6) is 0 Å². The van der Waals surface area contributed by atoms with Crippen LogP contribution in [0.4, 0.5) is 0 Å². The second kappa shape index (κ2) is 8.34. The molecule has 1 saturated heterocycles. The normalized spacial score (nSPS) is 20.4. The molecule has 0 spiro atoms. The number of unbranched alkanes of at least 4 members (excludes halogenated alkanes) is 3. The van der Waals surface area contributed by atoms with Crippen LogP contribution >= 0.6 is 0 Å². The highest BCUT2D eigenvalue weighted by atomic mass is 16.5. The molecule has 2 heterocycles. The van der Waals surface area contributed by atoms with Crippen LogP contribution in [0, 0.1) is 0 Å². The molecule has 0 saturated carbocycles. The molecule has 2 rings (SSSR count). The molecule has 1 atom stereocenters. The zero-order valence-electron chi connectivity index (χ0n) is 12.4. The fraction of sp³-hybridized carbons (Fsp3) is 0.857. The molecule has 1 aromatic rings. The molecule has 114 valence electrons. The first-order chi connectivity index (χ1) is 9.83. The van der Waals surface area contributed by atoms with Gasteiger partial charge in [0.15, 0.2) is 0 Å². The zero-order chi connectivity index (χ0) is 14.2. The van der Waals surface area contributed by atoms with Gasteiger partial charge in [0.1, 0.15) is 6.10 Å². The number of rotatable bonds is 8. The average Bonchev–Trinajstić information content (AvgIpc) is 2.96. The molecule has 1 aliphatic rings. The van der Waals surface area contributed by atoms with E-state index in [0.29, 0.717) is 5.82 Å². The lowest BCUT2D eigenvalue weighted by molar-refractivity contribution is -0.0334. The summed E-state index contributed by atoms with van der Waals surface area (Å²) in [6.45, 7) is 6.54. The van der Waals surface area contributed by atoms with Crippen LogP contribution in [-0.2, 0) is 11.2 Å². The molecular weight excluding hydrogens is 256 g/mol. The zero-order valence-corrected chi connectivity index (χ0v) is 12.4. The fourth-order valence-electron chi connectivity index (χ4n) is 2.42. The Morgan fingerprint density at radius 2 is 2.15 bits per heavy atom. The SMILES string of the molecule is CCN1CCOC(c2noc(CCCCCCN)n2)C1. The van der Waals surface area contributed by atoms with E-state index in [1.165, 1.54) is 12.8 Å². The lowest BCUT2D eigenvalue weighted by Crippen LogP contribution is -2.38. The predicted octanol–water partition coefficient (Wildman–Crippen LogP) is 1.52. The molecule has 1 fully saturated rings. The van der Waals surface area contributed by atoms with E-state index in [9.17, 15) is 0 Å². The molecule has 6 heteroatoms. The van der Waals surface area contributed by atoms with Crippen molar-refractivity contribution in [1.82, 2.24) is 15.0 Å². The first-order valence-electron chi connectivity index (χ1n) is 7.70. The van der Waals surface area contributed by atoms with Gasteiger partial charge in [0, 0.05) is 19.5 Å². The van der Waals surface area contributed by atoms with Crippen molar-refractivity contribution in [3.05, 3.63) is 11.7 Å². The summed E-state index contributed by atoms with van der Waals surface area (Å²) in [6.07, 6.45) is 5.32. The van der Waals surface area contributed by atoms with E-state index in [2.05, 4.69) is 22.0 Å². The van der Waals surface area contributed by atoms with Gasteiger partial charge in [0.2, 0.25) is 11.7 Å². The Balaban J connectivity index is 1.76. The molecule has 6 nitrogen and oxygen atoms in total. The van der Waals surface area contributed by atoms with Gasteiger partial charge < -0.3 is 15.0 Å². The topological polar surface area (TPSA) is 77.4 Å². The Kier molecular flexibility index (Phi) is 6.42. The monoisotopic (exact) mass is 282 g/mol. The number of nitrogens with two attached hydrogens (primary N) is 1. The third kappa shape index (κ3) is 4.54. The van der Waals surface area contributed by atoms with E-state index in [-0.39, 0.29) is 6.10 Å². The van der Waals surface area contributed by atoms with Crippen LogP contribution in [-0.4, -0.2) is 47.8 Å². The van der Waals surface area contributed by atoms with E-state index in [1.807, 2.05) is 0 Å². The summed E-state index contributed by atoms with van der Waals surface area (Å²) in [4.78, 5) is 6.81. The van der Waals surface area contributed by atoms with Crippen LogP contribution < -0.4 is 5.73 Å². The maximum absolute atomic E-state index is 5.73. The fourth-order valence-corrected chi connectivity index (χ4v) is 2.42. The molecule has 2 N–H and O–H groups in total. The molecule has 0 aromatic carbocycles. The molecule has 0 amide bonds. The van der Waals surface area contributed by atoms with Crippen molar-refractivity contribution >= 4 is 0 Å². The third-order valence-corrected chi connectivity index (χ3v) is 3.71. The molecule has 1 aromatic heterocycles. The van der Waals surface area contributed by atoms with E-state index in [0.717, 1.165) is 57.9 Å². The van der Waals surface area contributed by atoms with Gasteiger partial charge in [-0.15, -0.1) is 0 Å². The minimum atomic E-state index is -0.0431. The average molecular weight is 282 g/mol. The summed E-state index contributed by atoms with van der Waals surface area (Å²) in [6, 6.07) is 0. The molecule has 0 aliphatic carbocycles. The number of morpholine rings is 1. The standard InChI is InChI=1S/C14H26N4O2/c1-2-18-9-10-19-12(11-18)14-16-13(20-17-14)7-5-3-4-6-8-15/h12H,2-11,15H2,1H3. The van der Waals surface area contributed by atoms with Crippen LogP contribution in [0.25, 0.3) is 0 Å². The third-order valence-electron chi connectivity index (χ3n) is 3.71. The van der Waals surface area contributed by atoms with Crippen LogP contribution in [0.15, 0.2) is 4.52 Å². The van der Waals surface area contributed by atoms with Gasteiger partial charge in [-0.2, -0.15) is 4.98 Å². The van der Waals surface area contributed by atoms with Gasteiger partial charge in [0.05, 0.1) is 6.61 Å². The smallest absolute Gasteiger partial charge is 0.226 e. The quantitative estimate of drug-likeness (QED) is 0.728. The Labute approximate surface area is 120 Å². The highest BCUT2D eigenvalue weighted by molar-refractivity contribution is 4.94. The number of likely N-dealkylation sites (N-methyl/N-ethyl adjacent to an activating group) is 1. The van der Waals surface area contributed by atoms with Gasteiger partial charge in [-0.05, 0) is 25.9 Å². The molecule has 20 heavy (non-hydrogen) atoms. The highest BCUT2D eigenvalue weighted by Crippen LogP contribution is 2.20. The van der Waals surface area contributed by atoms with Gasteiger partial charge in [-0.25, -0.2) is 0 Å². The maximum atomic E-state index is 5.73. The van der Waals surface area contributed by atoms with Crippen LogP contribution in [0.3, 0.4) is 0 Å². The van der Waals surface area contributed by atoms with E-state index < -0.39 is 0 Å². The number of hydrogen-bond donors (Lipinski definition) is 1. The van der Waals surface area contributed by atoms with Crippen LogP contribution in [0.1, 0.15) is 50.4 Å². The Hall–Kier alpha value is -0.980. The second-order valence-corrected chi connectivity index (χ2v) is 5.25. The minimum Gasteiger partial charge on any atom is -0.367 e. The number of hydrogen-bond acceptors (Lipinski definition) is 6. The van der Waals surface area contributed by atoms with Crippen molar-refractivity contribution in [2.75, 3.05) is 32.8 Å². The van der Waals surface area contributed by atoms with Crippen molar-refractivity contribution in [3.8, 4) is 0 Å². The van der Waals surface area contributed by atoms with Crippen molar-refractivity contribution in [3.63, 3.8) is 0 Å². The largest absolute Gasteiger partial charge is 0.367 e. The summed E-state index contributed by atoms with van der Waals surface area (Å²) in [5, 5.41) is 4.07. The first kappa shape index (κ1) is 15.4. The number of aryl methyl sites for hydroxylation is 1. The first-order valence-corrected chi connectivity index (χ1v) is 7.70. The minimum absolute atomic E-state index is 0.0431. The van der Waals surface area contributed by atoms with Gasteiger partial charge >= 0.3 is 0 Å². The summed E-state index contributed by atoms with van der Waals surface area (Å²) in [5.74, 6) is 1.42. The van der Waals surface area contributed by atoms with E-state index in [1.54, 1.807) is 0 Å². The molecular formula is C14H26N4O2. The Morgan fingerprint density at radius 1 is 1.30 bits per heavy atom. The maximum Gasteiger partial charge on any atom is 0.226 e. The van der Waals surface area contributed by atoms with Crippen molar-refractivity contribution < 1.29 is 9.26 Å². The van der Waals surface area contributed by atoms with Gasteiger partial charge in [-0.3, -0.25) is 4.90 Å².